The molecule has 0 radical (unpaired) electrons. The van der Waals surface area contributed by atoms with Gasteiger partial charge in [-0.15, -0.1) is 0 Å². The molecule has 2 N–H and O–H groups in total. The second kappa shape index (κ2) is 9.82. The Morgan fingerprint density at radius 1 is 0.550 bits per heavy atom. The Labute approximate surface area is 249 Å². The van der Waals surface area contributed by atoms with E-state index in [2.05, 4.69) is 157 Å². The highest BCUT2D eigenvalue weighted by Gasteiger charge is 2.44. The summed E-state index contributed by atoms with van der Waals surface area (Å²) in [6, 6.07) is 9.82. The maximum absolute atomic E-state index is 7.30. The van der Waals surface area contributed by atoms with Gasteiger partial charge in [0.15, 0.2) is 16.5 Å². The highest BCUT2D eigenvalue weighted by atomic mass is 28.3. The van der Waals surface area contributed by atoms with Gasteiger partial charge in [-0.2, -0.15) is 0 Å². The van der Waals surface area contributed by atoms with Gasteiger partial charge in [0.25, 0.3) is 0 Å². The normalized spacial score (nSPS) is 16.4. The number of fused-ring (bicyclic) bond motifs is 2. The van der Waals surface area contributed by atoms with E-state index >= 15 is 0 Å². The van der Waals surface area contributed by atoms with E-state index in [1.807, 2.05) is 0 Å². The number of nitrogens with one attached hydrogen (secondary N) is 2. The van der Waals surface area contributed by atoms with Crippen LogP contribution in [0.2, 0.25) is 26.2 Å². The molecule has 0 saturated carbocycles. The number of hydrogen-bond acceptors (Lipinski definition) is 3. The molecular formula is C35H60N2OSi2. The highest BCUT2D eigenvalue weighted by Crippen LogP contribution is 2.49. The molecule has 0 unspecified atom stereocenters. The van der Waals surface area contributed by atoms with E-state index in [0.717, 1.165) is 11.5 Å². The summed E-state index contributed by atoms with van der Waals surface area (Å²) < 4.78 is 7.30. The van der Waals surface area contributed by atoms with Crippen molar-refractivity contribution in [3.63, 3.8) is 0 Å². The molecule has 0 aromatic heterocycles. The van der Waals surface area contributed by atoms with Gasteiger partial charge < -0.3 is 14.7 Å². The van der Waals surface area contributed by atoms with Crippen molar-refractivity contribution in [3.05, 3.63) is 46.5 Å². The van der Waals surface area contributed by atoms with Crippen LogP contribution in [0.15, 0.2) is 24.3 Å². The summed E-state index contributed by atoms with van der Waals surface area (Å²) >= 11 is 0. The molecular weight excluding hydrogens is 521 g/mol. The van der Waals surface area contributed by atoms with E-state index in [-0.39, 0.29) is 27.3 Å². The SMILES string of the molecule is CC(C)(C)N[Si](C)(C)c1cc(C(C)(C)C)cc2c1Oc1c(cc(C(C)(C)C)cc1[Si](C)(C)NC(C)(C)C)C2(C)C. The lowest BCUT2D eigenvalue weighted by atomic mass is 9.72. The van der Waals surface area contributed by atoms with Crippen LogP contribution in [0, 0.1) is 0 Å². The van der Waals surface area contributed by atoms with Crippen molar-refractivity contribution in [2.45, 2.75) is 150 Å². The number of benzene rings is 2. The molecule has 0 bridgehead atoms. The standard InChI is InChI=1S/C35H60N2OSi2/c1-31(2,3)23-19-25-29(27(21-23)39(15,16)36-33(7,8)9)38-30-26(35(25,13)14)20-24(32(4,5)6)22-28(30)40(17,18)37-34(10,11)12/h19-22,36-37H,1-18H3. The predicted molar refractivity (Wildman–Crippen MR) is 182 cm³/mol. The Bertz CT molecular complexity index is 1180. The first-order valence-electron chi connectivity index (χ1n) is 15.2. The van der Waals surface area contributed by atoms with Crippen LogP contribution >= 0.6 is 0 Å². The second-order valence-electron chi connectivity index (χ2n) is 18.0. The number of ether oxygens (including phenoxy) is 1. The molecule has 0 fully saturated rings. The van der Waals surface area contributed by atoms with E-state index in [1.165, 1.54) is 32.6 Å². The van der Waals surface area contributed by atoms with Gasteiger partial charge >= 0.3 is 0 Å². The van der Waals surface area contributed by atoms with Crippen LogP contribution in [-0.4, -0.2) is 27.5 Å². The van der Waals surface area contributed by atoms with Crippen LogP contribution in [0.1, 0.15) is 119 Å². The summed E-state index contributed by atoms with van der Waals surface area (Å²) in [5.41, 5.74) is 5.31. The van der Waals surface area contributed by atoms with Crippen LogP contribution in [0.4, 0.5) is 0 Å². The van der Waals surface area contributed by atoms with E-state index in [0.29, 0.717) is 0 Å². The van der Waals surface area contributed by atoms with Gasteiger partial charge in [0.05, 0.1) is 0 Å². The molecule has 0 atom stereocenters. The minimum atomic E-state index is -2.11. The van der Waals surface area contributed by atoms with Crippen molar-refractivity contribution >= 4 is 26.8 Å². The van der Waals surface area contributed by atoms with Crippen molar-refractivity contribution in [1.82, 2.24) is 9.96 Å². The van der Waals surface area contributed by atoms with E-state index in [9.17, 15) is 0 Å². The second-order valence-corrected chi connectivity index (χ2v) is 26.1. The quantitative estimate of drug-likeness (QED) is 0.357. The van der Waals surface area contributed by atoms with Gasteiger partial charge in [0.2, 0.25) is 0 Å². The Balaban J connectivity index is 2.46. The molecule has 0 amide bonds. The molecule has 5 heteroatoms. The third-order valence-electron chi connectivity index (χ3n) is 8.18. The van der Waals surface area contributed by atoms with E-state index in [1.54, 1.807) is 0 Å². The predicted octanol–water partition coefficient (Wildman–Crippen LogP) is 8.31. The fourth-order valence-corrected chi connectivity index (χ4v) is 13.0. The number of hydrogen-bond donors (Lipinski definition) is 2. The van der Waals surface area contributed by atoms with Gasteiger partial charge in [-0.3, -0.25) is 0 Å². The minimum absolute atomic E-state index is 0.0146. The van der Waals surface area contributed by atoms with E-state index in [4.69, 9.17) is 4.74 Å². The van der Waals surface area contributed by atoms with Crippen LogP contribution in [0.3, 0.4) is 0 Å². The first-order valence-corrected chi connectivity index (χ1v) is 21.2. The molecule has 40 heavy (non-hydrogen) atoms. The minimum Gasteiger partial charge on any atom is -0.457 e. The Morgan fingerprint density at radius 3 is 1.10 bits per heavy atom. The molecule has 0 spiro atoms. The molecule has 224 valence electrons. The number of rotatable bonds is 4. The van der Waals surface area contributed by atoms with E-state index < -0.39 is 16.5 Å². The van der Waals surface area contributed by atoms with Crippen molar-refractivity contribution in [1.29, 1.82) is 0 Å². The van der Waals surface area contributed by atoms with Gasteiger partial charge in [-0.05, 0) is 73.9 Å². The zero-order valence-electron chi connectivity index (χ0n) is 29.2. The van der Waals surface area contributed by atoms with Gasteiger partial charge in [-0.1, -0.05) is 106 Å². The van der Waals surface area contributed by atoms with Crippen molar-refractivity contribution in [2.75, 3.05) is 0 Å². The molecule has 1 aliphatic rings. The summed E-state index contributed by atoms with van der Waals surface area (Å²) in [4.78, 5) is 8.10. The van der Waals surface area contributed by atoms with Crippen LogP contribution < -0.4 is 25.1 Å². The monoisotopic (exact) mass is 580 g/mol. The molecule has 2 aromatic rings. The topological polar surface area (TPSA) is 33.3 Å². The maximum Gasteiger partial charge on any atom is 0.156 e. The molecule has 0 aliphatic carbocycles. The Hall–Kier alpha value is -1.41. The first-order chi connectivity index (χ1) is 17.6. The first kappa shape index (κ1) is 33.1. The van der Waals surface area contributed by atoms with Gasteiger partial charge in [-0.25, -0.2) is 0 Å². The van der Waals surface area contributed by atoms with Crippen LogP contribution in [0.5, 0.6) is 11.5 Å². The van der Waals surface area contributed by atoms with Crippen molar-refractivity contribution < 1.29 is 4.74 Å². The zero-order valence-corrected chi connectivity index (χ0v) is 31.2. The van der Waals surface area contributed by atoms with Crippen LogP contribution in [0.25, 0.3) is 0 Å². The Kier molecular flexibility index (Phi) is 8.13. The highest BCUT2D eigenvalue weighted by molar-refractivity contribution is 6.89. The summed E-state index contributed by atoms with van der Waals surface area (Å²) in [5, 5.41) is 2.75. The molecule has 0 saturated heterocycles. The summed E-state index contributed by atoms with van der Waals surface area (Å²) in [6.07, 6.45) is 0. The lowest BCUT2D eigenvalue weighted by molar-refractivity contribution is 0.420. The lowest BCUT2D eigenvalue weighted by Gasteiger charge is -2.43. The largest absolute Gasteiger partial charge is 0.457 e. The average molecular weight is 581 g/mol. The molecule has 2 aromatic carbocycles. The van der Waals surface area contributed by atoms with Crippen molar-refractivity contribution in [3.8, 4) is 11.5 Å². The zero-order chi connectivity index (χ0) is 31.1. The maximum atomic E-state index is 7.30. The molecule has 1 aliphatic heterocycles. The van der Waals surface area contributed by atoms with Gasteiger partial charge in [0.1, 0.15) is 11.5 Å². The smallest absolute Gasteiger partial charge is 0.156 e. The molecule has 1 heterocycles. The average Bonchev–Trinajstić information content (AvgIpc) is 2.67. The summed E-state index contributed by atoms with van der Waals surface area (Å²) in [6.45, 7) is 42.2. The fourth-order valence-electron chi connectivity index (χ4n) is 6.46. The lowest BCUT2D eigenvalue weighted by Crippen LogP contribution is -2.63. The van der Waals surface area contributed by atoms with Crippen molar-refractivity contribution in [2.24, 2.45) is 0 Å². The fraction of sp³-hybridized carbons (Fsp3) is 0.657. The Morgan fingerprint density at radius 2 is 0.850 bits per heavy atom. The van der Waals surface area contributed by atoms with Crippen LogP contribution in [-0.2, 0) is 16.2 Å². The third-order valence-corrected chi connectivity index (χ3v) is 14.4. The van der Waals surface area contributed by atoms with Gasteiger partial charge in [0, 0.05) is 27.6 Å². The summed E-state index contributed by atoms with van der Waals surface area (Å²) in [7, 11) is -4.22. The molecule has 3 nitrogen and oxygen atoms in total. The molecule has 3 rings (SSSR count). The third kappa shape index (κ3) is 6.80. The summed E-state index contributed by atoms with van der Waals surface area (Å²) in [5.74, 6) is 2.17.